The maximum absolute atomic E-state index is 13.1. The van der Waals surface area contributed by atoms with Crippen molar-refractivity contribution in [3.63, 3.8) is 0 Å². The molecule has 9 nitrogen and oxygen atoms in total. The number of ether oxygens (including phenoxy) is 1. The molecule has 4 rings (SSSR count). The Morgan fingerprint density at radius 2 is 1.61 bits per heavy atom. The standard InChI is InChI=1S/C19H27N3O2.2C2HF3O2/c23-18(21-13-15-5-3-4-10-20-15)19-9-12-24-17(19)8-11-22(14-19)16-6-1-2-7-16;2*3-2(4,5)1(6)7/h3-5,10,16-17H,1-2,6-9,11-14H2,(H,21,23);2*(H,6,7)/t17-,19-;;/m1../s1. The summed E-state index contributed by atoms with van der Waals surface area (Å²) in [6.07, 6.45) is -1.25. The number of fused-ring (bicyclic) bond motifs is 1. The van der Waals surface area contributed by atoms with Crippen LogP contribution in [-0.4, -0.2) is 82.1 Å². The van der Waals surface area contributed by atoms with Crippen LogP contribution < -0.4 is 5.32 Å². The minimum Gasteiger partial charge on any atom is -0.475 e. The van der Waals surface area contributed by atoms with E-state index in [0.29, 0.717) is 19.2 Å². The van der Waals surface area contributed by atoms with Gasteiger partial charge >= 0.3 is 24.3 Å². The summed E-state index contributed by atoms with van der Waals surface area (Å²) in [5.74, 6) is -5.36. The lowest BCUT2D eigenvalue weighted by atomic mass is 9.75. The highest BCUT2D eigenvalue weighted by Crippen LogP contribution is 2.43. The first-order chi connectivity index (χ1) is 17.7. The van der Waals surface area contributed by atoms with Crippen LogP contribution in [0.2, 0.25) is 0 Å². The molecule has 1 amide bonds. The number of carboxylic acids is 2. The molecule has 1 aliphatic carbocycles. The molecular weight excluding hydrogens is 528 g/mol. The summed E-state index contributed by atoms with van der Waals surface area (Å²) in [4.78, 5) is 37.7. The number of likely N-dealkylation sites (tertiary alicyclic amines) is 1. The lowest BCUT2D eigenvalue weighted by Crippen LogP contribution is -2.58. The van der Waals surface area contributed by atoms with Crippen molar-refractivity contribution in [2.24, 2.45) is 5.41 Å². The summed E-state index contributed by atoms with van der Waals surface area (Å²) in [6.45, 7) is 3.14. The number of alkyl halides is 6. The predicted octanol–water partition coefficient (Wildman–Crippen LogP) is 3.39. The van der Waals surface area contributed by atoms with Gasteiger partial charge in [0.25, 0.3) is 0 Å². The third kappa shape index (κ3) is 8.82. The van der Waals surface area contributed by atoms with Crippen LogP contribution in [-0.2, 0) is 25.7 Å². The quantitative estimate of drug-likeness (QED) is 0.481. The van der Waals surface area contributed by atoms with Crippen molar-refractivity contribution in [3.05, 3.63) is 30.1 Å². The molecule has 3 heterocycles. The molecular formula is C23H29F6N3O6. The molecule has 0 unspecified atom stereocenters. The first-order valence-corrected chi connectivity index (χ1v) is 11.8. The van der Waals surface area contributed by atoms with Crippen LogP contribution in [0, 0.1) is 5.41 Å². The van der Waals surface area contributed by atoms with Gasteiger partial charge in [-0.05, 0) is 37.8 Å². The Morgan fingerprint density at radius 3 is 2.11 bits per heavy atom. The SMILES string of the molecule is O=C(NCc1ccccn1)[C@@]12CCO[C@@H]1CCN(C1CCCC1)C2.O=C(O)C(F)(F)F.O=C(O)C(F)(F)F. The second-order valence-electron chi connectivity index (χ2n) is 9.07. The average Bonchev–Trinajstić information content (AvgIpc) is 3.53. The number of piperidine rings is 1. The van der Waals surface area contributed by atoms with Gasteiger partial charge in [0.1, 0.15) is 0 Å². The topological polar surface area (TPSA) is 129 Å². The van der Waals surface area contributed by atoms with Gasteiger partial charge in [-0.3, -0.25) is 14.7 Å². The molecule has 0 bridgehead atoms. The zero-order valence-corrected chi connectivity index (χ0v) is 20.2. The molecule has 15 heteroatoms. The van der Waals surface area contributed by atoms with Crippen LogP contribution in [0.4, 0.5) is 26.3 Å². The molecule has 2 atom stereocenters. The van der Waals surface area contributed by atoms with E-state index in [1.165, 1.54) is 25.7 Å². The van der Waals surface area contributed by atoms with Gasteiger partial charge < -0.3 is 20.3 Å². The average molecular weight is 557 g/mol. The number of hydrogen-bond acceptors (Lipinski definition) is 6. The number of nitrogens with one attached hydrogen (secondary N) is 1. The lowest BCUT2D eigenvalue weighted by Gasteiger charge is -2.44. The molecule has 0 aromatic carbocycles. The number of aromatic nitrogens is 1. The second kappa shape index (κ2) is 13.2. The van der Waals surface area contributed by atoms with Crippen molar-refractivity contribution in [2.45, 2.75) is 69.6 Å². The number of nitrogens with zero attached hydrogens (tertiary/aromatic N) is 2. The lowest BCUT2D eigenvalue weighted by molar-refractivity contribution is -0.193. The van der Waals surface area contributed by atoms with Crippen molar-refractivity contribution in [3.8, 4) is 0 Å². The van der Waals surface area contributed by atoms with Crippen LogP contribution in [0.1, 0.15) is 44.2 Å². The van der Waals surface area contributed by atoms with Gasteiger partial charge in [0.15, 0.2) is 0 Å². The Morgan fingerprint density at radius 1 is 1.03 bits per heavy atom. The first kappa shape index (κ1) is 31.3. The van der Waals surface area contributed by atoms with Crippen LogP contribution in [0.25, 0.3) is 0 Å². The van der Waals surface area contributed by atoms with Crippen molar-refractivity contribution >= 4 is 17.8 Å². The van der Waals surface area contributed by atoms with Crippen LogP contribution in [0.15, 0.2) is 24.4 Å². The number of halogens is 6. The van der Waals surface area contributed by atoms with E-state index in [-0.39, 0.29) is 17.4 Å². The second-order valence-corrected chi connectivity index (χ2v) is 9.07. The van der Waals surface area contributed by atoms with Crippen LogP contribution in [0.3, 0.4) is 0 Å². The largest absolute Gasteiger partial charge is 0.490 e. The Kier molecular flexibility index (Phi) is 10.9. The van der Waals surface area contributed by atoms with E-state index in [9.17, 15) is 31.1 Å². The summed E-state index contributed by atoms with van der Waals surface area (Å²) in [6, 6.07) is 6.47. The van der Waals surface area contributed by atoms with Gasteiger partial charge in [0, 0.05) is 31.9 Å². The Balaban J connectivity index is 0.000000301. The van der Waals surface area contributed by atoms with Crippen molar-refractivity contribution in [2.75, 3.05) is 19.7 Å². The third-order valence-electron chi connectivity index (χ3n) is 6.58. The van der Waals surface area contributed by atoms with E-state index in [1.807, 2.05) is 18.2 Å². The number of rotatable bonds is 4. The smallest absolute Gasteiger partial charge is 0.475 e. The molecule has 3 aliphatic rings. The monoisotopic (exact) mass is 557 g/mol. The fourth-order valence-electron chi connectivity index (χ4n) is 4.73. The minimum atomic E-state index is -5.08. The number of hydrogen-bond donors (Lipinski definition) is 3. The summed E-state index contributed by atoms with van der Waals surface area (Å²) in [5.41, 5.74) is 0.538. The molecule has 1 aromatic heterocycles. The minimum absolute atomic E-state index is 0.0823. The fourth-order valence-corrected chi connectivity index (χ4v) is 4.73. The van der Waals surface area contributed by atoms with Crippen molar-refractivity contribution in [1.82, 2.24) is 15.2 Å². The van der Waals surface area contributed by atoms with Crippen molar-refractivity contribution in [1.29, 1.82) is 0 Å². The molecule has 214 valence electrons. The number of carbonyl (C=O) groups excluding carboxylic acids is 1. The summed E-state index contributed by atoms with van der Waals surface area (Å²) >= 11 is 0. The van der Waals surface area contributed by atoms with E-state index in [1.54, 1.807) is 6.20 Å². The van der Waals surface area contributed by atoms with Gasteiger partial charge in [0.2, 0.25) is 5.91 Å². The number of carboxylic acid groups (broad SMARTS) is 2. The summed E-state index contributed by atoms with van der Waals surface area (Å²) in [5, 5.41) is 17.4. The van der Waals surface area contributed by atoms with E-state index >= 15 is 0 Å². The van der Waals surface area contributed by atoms with E-state index < -0.39 is 24.3 Å². The number of aliphatic carboxylic acids is 2. The van der Waals surface area contributed by atoms with Gasteiger partial charge in [-0.25, -0.2) is 9.59 Å². The zero-order chi connectivity index (χ0) is 28.6. The van der Waals surface area contributed by atoms with E-state index in [0.717, 1.165) is 31.6 Å². The normalized spacial score (nSPS) is 23.8. The summed E-state index contributed by atoms with van der Waals surface area (Å²) in [7, 11) is 0. The Bertz CT molecular complexity index is 916. The molecule has 0 radical (unpaired) electrons. The molecule has 2 saturated heterocycles. The highest BCUT2D eigenvalue weighted by molar-refractivity contribution is 5.84. The maximum Gasteiger partial charge on any atom is 0.490 e. The fraction of sp³-hybridized carbons (Fsp3) is 0.652. The maximum atomic E-state index is 13.1. The third-order valence-corrected chi connectivity index (χ3v) is 6.58. The van der Waals surface area contributed by atoms with Gasteiger partial charge in [-0.1, -0.05) is 18.9 Å². The molecule has 3 N–H and O–H groups in total. The molecule has 2 aliphatic heterocycles. The molecule has 1 aromatic rings. The molecule has 1 saturated carbocycles. The molecule has 0 spiro atoms. The van der Waals surface area contributed by atoms with Gasteiger partial charge in [-0.2, -0.15) is 26.3 Å². The summed E-state index contributed by atoms with van der Waals surface area (Å²) < 4.78 is 69.4. The van der Waals surface area contributed by atoms with Gasteiger partial charge in [0.05, 0.1) is 23.8 Å². The number of amides is 1. The van der Waals surface area contributed by atoms with E-state index in [2.05, 4.69) is 15.2 Å². The van der Waals surface area contributed by atoms with Gasteiger partial charge in [-0.15, -0.1) is 0 Å². The Labute approximate surface area is 214 Å². The highest BCUT2D eigenvalue weighted by Gasteiger charge is 2.54. The van der Waals surface area contributed by atoms with Crippen LogP contribution in [0.5, 0.6) is 0 Å². The zero-order valence-electron chi connectivity index (χ0n) is 20.2. The number of pyridine rings is 1. The number of carbonyl (C=O) groups is 3. The molecule has 3 fully saturated rings. The van der Waals surface area contributed by atoms with Crippen molar-refractivity contribution < 1.29 is 55.7 Å². The Hall–Kier alpha value is -2.94. The first-order valence-electron chi connectivity index (χ1n) is 11.8. The van der Waals surface area contributed by atoms with Crippen LogP contribution >= 0.6 is 0 Å². The van der Waals surface area contributed by atoms with E-state index in [4.69, 9.17) is 24.5 Å². The predicted molar refractivity (Wildman–Crippen MR) is 119 cm³/mol. The molecule has 38 heavy (non-hydrogen) atoms. The highest BCUT2D eigenvalue weighted by atomic mass is 19.4.